The van der Waals surface area contributed by atoms with Crippen molar-refractivity contribution in [2.75, 3.05) is 18.8 Å². The number of carboxylic acids is 1. The van der Waals surface area contributed by atoms with Gasteiger partial charge < -0.3 is 10.8 Å². The molecule has 0 aliphatic carbocycles. The van der Waals surface area contributed by atoms with Crippen LogP contribution in [0.1, 0.15) is 26.2 Å². The molecule has 17 heavy (non-hydrogen) atoms. The Balaban J connectivity index is 2.70. The standard InChI is InChI=1S/C10H20N2O4S/c1-8-2-3-9(6-11)7-12(8)17(15,16)5-4-10(13)14/h8-9H,2-7,11H2,1H3,(H,13,14). The summed E-state index contributed by atoms with van der Waals surface area (Å²) in [6.07, 6.45) is 1.37. The molecule has 0 bridgehead atoms. The van der Waals surface area contributed by atoms with Crippen molar-refractivity contribution < 1.29 is 18.3 Å². The van der Waals surface area contributed by atoms with Crippen LogP contribution in [0.2, 0.25) is 0 Å². The van der Waals surface area contributed by atoms with Crippen molar-refractivity contribution in [3.63, 3.8) is 0 Å². The molecule has 1 fully saturated rings. The van der Waals surface area contributed by atoms with E-state index in [4.69, 9.17) is 10.8 Å². The molecule has 0 saturated carbocycles. The van der Waals surface area contributed by atoms with Crippen LogP contribution in [-0.2, 0) is 14.8 Å². The first-order chi connectivity index (χ1) is 7.86. The van der Waals surface area contributed by atoms with Crippen LogP contribution in [-0.4, -0.2) is 48.7 Å². The number of nitrogens with two attached hydrogens (primary N) is 1. The van der Waals surface area contributed by atoms with E-state index >= 15 is 0 Å². The smallest absolute Gasteiger partial charge is 0.304 e. The number of carbonyl (C=O) groups is 1. The average molecular weight is 264 g/mol. The Morgan fingerprint density at radius 1 is 1.47 bits per heavy atom. The molecule has 0 spiro atoms. The van der Waals surface area contributed by atoms with Crippen molar-refractivity contribution in [2.45, 2.75) is 32.2 Å². The summed E-state index contributed by atoms with van der Waals surface area (Å²) in [6.45, 7) is 2.74. The van der Waals surface area contributed by atoms with Gasteiger partial charge in [-0.25, -0.2) is 8.42 Å². The van der Waals surface area contributed by atoms with Gasteiger partial charge in [0.15, 0.2) is 0 Å². The Labute approximate surface area is 102 Å². The van der Waals surface area contributed by atoms with Gasteiger partial charge in [-0.15, -0.1) is 0 Å². The van der Waals surface area contributed by atoms with Gasteiger partial charge in [0.2, 0.25) is 10.0 Å². The second-order valence-electron chi connectivity index (χ2n) is 4.56. The number of sulfonamides is 1. The fourth-order valence-corrected chi connectivity index (χ4v) is 3.82. The lowest BCUT2D eigenvalue weighted by Crippen LogP contribution is -2.48. The van der Waals surface area contributed by atoms with Crippen molar-refractivity contribution in [3.8, 4) is 0 Å². The quantitative estimate of drug-likeness (QED) is 0.719. The maximum Gasteiger partial charge on any atom is 0.304 e. The van der Waals surface area contributed by atoms with Gasteiger partial charge >= 0.3 is 5.97 Å². The van der Waals surface area contributed by atoms with Crippen LogP contribution in [0, 0.1) is 5.92 Å². The van der Waals surface area contributed by atoms with Gasteiger partial charge in [0.1, 0.15) is 0 Å². The molecule has 0 radical (unpaired) electrons. The van der Waals surface area contributed by atoms with E-state index < -0.39 is 16.0 Å². The Bertz CT molecular complexity index is 369. The zero-order chi connectivity index (χ0) is 13.1. The van der Waals surface area contributed by atoms with E-state index in [2.05, 4.69) is 0 Å². The summed E-state index contributed by atoms with van der Waals surface area (Å²) in [5.74, 6) is -1.23. The van der Waals surface area contributed by atoms with E-state index in [1.54, 1.807) is 0 Å². The molecule has 3 N–H and O–H groups in total. The molecular formula is C10H20N2O4S. The molecule has 2 atom stereocenters. The van der Waals surface area contributed by atoms with Gasteiger partial charge in [-0.2, -0.15) is 4.31 Å². The molecule has 6 nitrogen and oxygen atoms in total. The maximum atomic E-state index is 12.0. The lowest BCUT2D eigenvalue weighted by atomic mass is 9.96. The van der Waals surface area contributed by atoms with Gasteiger partial charge in [0, 0.05) is 12.6 Å². The molecule has 0 aromatic carbocycles. The molecule has 1 rings (SSSR count). The molecule has 0 aromatic rings. The lowest BCUT2D eigenvalue weighted by molar-refractivity contribution is -0.136. The second kappa shape index (κ2) is 5.79. The first-order valence-corrected chi connectivity index (χ1v) is 7.39. The summed E-state index contributed by atoms with van der Waals surface area (Å²) in [5.41, 5.74) is 5.56. The van der Waals surface area contributed by atoms with Gasteiger partial charge in [-0.05, 0) is 32.2 Å². The van der Waals surface area contributed by atoms with E-state index in [1.807, 2.05) is 6.92 Å². The minimum absolute atomic E-state index is 0.0587. The minimum atomic E-state index is -3.47. The summed E-state index contributed by atoms with van der Waals surface area (Å²) in [6, 6.07) is -0.0587. The molecule has 1 saturated heterocycles. The number of hydrogen-bond acceptors (Lipinski definition) is 4. The van der Waals surface area contributed by atoms with Crippen molar-refractivity contribution in [1.82, 2.24) is 4.31 Å². The van der Waals surface area contributed by atoms with Crippen LogP contribution in [0.15, 0.2) is 0 Å². The van der Waals surface area contributed by atoms with Crippen molar-refractivity contribution in [1.29, 1.82) is 0 Å². The van der Waals surface area contributed by atoms with Gasteiger partial charge in [0.25, 0.3) is 0 Å². The summed E-state index contributed by atoms with van der Waals surface area (Å²) in [4.78, 5) is 10.4. The van der Waals surface area contributed by atoms with E-state index in [1.165, 1.54) is 4.31 Å². The molecule has 1 heterocycles. The van der Waals surface area contributed by atoms with Crippen LogP contribution < -0.4 is 5.73 Å². The second-order valence-corrected chi connectivity index (χ2v) is 6.60. The molecule has 100 valence electrons. The highest BCUT2D eigenvalue weighted by atomic mass is 32.2. The summed E-state index contributed by atoms with van der Waals surface area (Å²) >= 11 is 0. The molecule has 0 amide bonds. The summed E-state index contributed by atoms with van der Waals surface area (Å²) in [7, 11) is -3.47. The average Bonchev–Trinajstić information content (AvgIpc) is 2.27. The number of rotatable bonds is 5. The van der Waals surface area contributed by atoms with E-state index in [-0.39, 0.29) is 24.1 Å². The fraction of sp³-hybridized carbons (Fsp3) is 0.900. The molecule has 0 aromatic heterocycles. The number of nitrogens with zero attached hydrogens (tertiary/aromatic N) is 1. The zero-order valence-corrected chi connectivity index (χ0v) is 10.8. The molecule has 1 aliphatic heterocycles. The predicted octanol–water partition coefficient (Wildman–Crippen LogP) is -0.150. The SMILES string of the molecule is CC1CCC(CN)CN1S(=O)(=O)CCC(=O)O. The molecular weight excluding hydrogens is 244 g/mol. The third-order valence-corrected chi connectivity index (χ3v) is 5.13. The van der Waals surface area contributed by atoms with Crippen LogP contribution >= 0.6 is 0 Å². The van der Waals surface area contributed by atoms with Crippen LogP contribution in [0.5, 0.6) is 0 Å². The highest BCUT2D eigenvalue weighted by Gasteiger charge is 2.33. The zero-order valence-electron chi connectivity index (χ0n) is 10.0. The normalized spacial score (nSPS) is 26.9. The lowest BCUT2D eigenvalue weighted by Gasteiger charge is -2.36. The van der Waals surface area contributed by atoms with E-state index in [9.17, 15) is 13.2 Å². The van der Waals surface area contributed by atoms with Crippen LogP contribution in [0.25, 0.3) is 0 Å². The Morgan fingerprint density at radius 2 is 2.12 bits per heavy atom. The number of aliphatic carboxylic acids is 1. The predicted molar refractivity (Wildman–Crippen MR) is 64.0 cm³/mol. The van der Waals surface area contributed by atoms with Crippen molar-refractivity contribution >= 4 is 16.0 Å². The number of hydrogen-bond donors (Lipinski definition) is 2. The van der Waals surface area contributed by atoms with Crippen LogP contribution in [0.3, 0.4) is 0 Å². The molecule has 2 unspecified atom stereocenters. The van der Waals surface area contributed by atoms with Gasteiger partial charge in [-0.3, -0.25) is 4.79 Å². The van der Waals surface area contributed by atoms with Gasteiger partial charge in [-0.1, -0.05) is 0 Å². The first kappa shape index (κ1) is 14.4. The van der Waals surface area contributed by atoms with Crippen molar-refractivity contribution in [3.05, 3.63) is 0 Å². The van der Waals surface area contributed by atoms with E-state index in [0.717, 1.165) is 12.8 Å². The highest BCUT2D eigenvalue weighted by Crippen LogP contribution is 2.24. The molecule has 7 heteroatoms. The number of piperidine rings is 1. The molecule has 1 aliphatic rings. The third kappa shape index (κ3) is 3.93. The van der Waals surface area contributed by atoms with Gasteiger partial charge in [0.05, 0.1) is 12.2 Å². The summed E-state index contributed by atoms with van der Waals surface area (Å²) < 4.78 is 25.4. The largest absolute Gasteiger partial charge is 0.481 e. The number of carboxylic acid groups (broad SMARTS) is 1. The topological polar surface area (TPSA) is 101 Å². The highest BCUT2D eigenvalue weighted by molar-refractivity contribution is 7.89. The fourth-order valence-electron chi connectivity index (χ4n) is 2.06. The maximum absolute atomic E-state index is 12.0. The first-order valence-electron chi connectivity index (χ1n) is 5.78. The Kier molecular flexibility index (Phi) is 4.91. The van der Waals surface area contributed by atoms with E-state index in [0.29, 0.717) is 13.1 Å². The summed E-state index contributed by atoms with van der Waals surface area (Å²) in [5, 5.41) is 8.54. The Morgan fingerprint density at radius 3 is 2.65 bits per heavy atom. The minimum Gasteiger partial charge on any atom is -0.481 e. The monoisotopic (exact) mass is 264 g/mol. The van der Waals surface area contributed by atoms with Crippen LogP contribution in [0.4, 0.5) is 0 Å². The Hall–Kier alpha value is -0.660. The third-order valence-electron chi connectivity index (χ3n) is 3.19. The van der Waals surface area contributed by atoms with Crippen molar-refractivity contribution in [2.24, 2.45) is 11.7 Å².